The van der Waals surface area contributed by atoms with E-state index in [2.05, 4.69) is 5.32 Å². The lowest BCUT2D eigenvalue weighted by molar-refractivity contribution is -0.141. The SMILES string of the molecule is CCC(CC)(CC)NC(=O)N1CCC[C@H]1C(=O)O. The second kappa shape index (κ2) is 6.07. The molecule has 5 heteroatoms. The molecule has 0 aromatic rings. The molecule has 1 fully saturated rings. The van der Waals surface area contributed by atoms with Crippen LogP contribution in [-0.2, 0) is 4.79 Å². The fourth-order valence-electron chi connectivity index (χ4n) is 2.58. The summed E-state index contributed by atoms with van der Waals surface area (Å²) in [5.74, 6) is -0.905. The second-order valence-corrected chi connectivity index (χ2v) is 4.96. The van der Waals surface area contributed by atoms with Gasteiger partial charge in [-0.1, -0.05) is 20.8 Å². The molecule has 0 radical (unpaired) electrons. The quantitative estimate of drug-likeness (QED) is 0.792. The molecule has 104 valence electrons. The Morgan fingerprint density at radius 1 is 1.28 bits per heavy atom. The molecule has 18 heavy (non-hydrogen) atoms. The Balaban J connectivity index is 2.72. The Labute approximate surface area is 109 Å². The van der Waals surface area contributed by atoms with E-state index in [-0.39, 0.29) is 11.6 Å². The van der Waals surface area contributed by atoms with Crippen LogP contribution in [0.3, 0.4) is 0 Å². The van der Waals surface area contributed by atoms with Crippen molar-refractivity contribution in [3.05, 3.63) is 0 Å². The summed E-state index contributed by atoms with van der Waals surface area (Å²) in [5.41, 5.74) is -0.206. The van der Waals surface area contributed by atoms with Crippen LogP contribution >= 0.6 is 0 Å². The number of hydrogen-bond donors (Lipinski definition) is 2. The first-order valence-corrected chi connectivity index (χ1v) is 6.81. The van der Waals surface area contributed by atoms with Gasteiger partial charge in [-0.2, -0.15) is 0 Å². The van der Waals surface area contributed by atoms with Crippen molar-refractivity contribution in [2.75, 3.05) is 6.54 Å². The average molecular weight is 256 g/mol. The molecule has 1 saturated heterocycles. The lowest BCUT2D eigenvalue weighted by Crippen LogP contribution is -2.54. The van der Waals surface area contributed by atoms with Crippen molar-refractivity contribution in [2.45, 2.75) is 64.5 Å². The largest absolute Gasteiger partial charge is 0.480 e. The normalized spacial score (nSPS) is 19.9. The summed E-state index contributed by atoms with van der Waals surface area (Å²) in [6, 6.07) is -0.890. The lowest BCUT2D eigenvalue weighted by atomic mass is 9.90. The number of carbonyl (C=O) groups excluding carboxylic acids is 1. The zero-order chi connectivity index (χ0) is 13.8. The maximum absolute atomic E-state index is 12.2. The number of carboxylic acid groups (broad SMARTS) is 1. The zero-order valence-corrected chi connectivity index (χ0v) is 11.5. The van der Waals surface area contributed by atoms with Gasteiger partial charge in [-0.3, -0.25) is 0 Å². The van der Waals surface area contributed by atoms with Crippen molar-refractivity contribution >= 4 is 12.0 Å². The highest BCUT2D eigenvalue weighted by Gasteiger charge is 2.36. The molecule has 0 unspecified atom stereocenters. The van der Waals surface area contributed by atoms with Gasteiger partial charge in [0, 0.05) is 12.1 Å². The summed E-state index contributed by atoms with van der Waals surface area (Å²) in [5, 5.41) is 12.1. The number of aliphatic carboxylic acids is 1. The number of hydrogen-bond acceptors (Lipinski definition) is 2. The monoisotopic (exact) mass is 256 g/mol. The fourth-order valence-corrected chi connectivity index (χ4v) is 2.58. The highest BCUT2D eigenvalue weighted by atomic mass is 16.4. The second-order valence-electron chi connectivity index (χ2n) is 4.96. The van der Waals surface area contributed by atoms with Crippen molar-refractivity contribution in [3.63, 3.8) is 0 Å². The van der Waals surface area contributed by atoms with Gasteiger partial charge >= 0.3 is 12.0 Å². The van der Waals surface area contributed by atoms with Crippen molar-refractivity contribution in [3.8, 4) is 0 Å². The van der Waals surface area contributed by atoms with Crippen LogP contribution in [0.2, 0.25) is 0 Å². The van der Waals surface area contributed by atoms with E-state index in [1.807, 2.05) is 20.8 Å². The van der Waals surface area contributed by atoms with E-state index in [1.54, 1.807) is 0 Å². The number of nitrogens with one attached hydrogen (secondary N) is 1. The Morgan fingerprint density at radius 3 is 2.28 bits per heavy atom. The molecule has 5 nitrogen and oxygen atoms in total. The van der Waals surface area contributed by atoms with Gasteiger partial charge in [-0.05, 0) is 32.1 Å². The molecule has 1 heterocycles. The van der Waals surface area contributed by atoms with E-state index >= 15 is 0 Å². The smallest absolute Gasteiger partial charge is 0.326 e. The molecule has 1 atom stereocenters. The third-order valence-electron chi connectivity index (χ3n) is 4.20. The number of nitrogens with zero attached hydrogens (tertiary/aromatic N) is 1. The number of urea groups is 1. The van der Waals surface area contributed by atoms with E-state index in [0.717, 1.165) is 25.7 Å². The Kier molecular flexibility index (Phi) is 4.99. The van der Waals surface area contributed by atoms with Gasteiger partial charge in [0.2, 0.25) is 0 Å². The molecule has 1 aliphatic rings. The minimum absolute atomic E-state index is 0.206. The molecular formula is C13H24N2O3. The van der Waals surface area contributed by atoms with Crippen LogP contribution in [0.5, 0.6) is 0 Å². The molecule has 0 aromatic heterocycles. The van der Waals surface area contributed by atoms with E-state index in [1.165, 1.54) is 4.90 Å². The van der Waals surface area contributed by atoms with Crippen LogP contribution in [0.4, 0.5) is 4.79 Å². The van der Waals surface area contributed by atoms with Crippen LogP contribution in [0, 0.1) is 0 Å². The number of amides is 2. The van der Waals surface area contributed by atoms with E-state index in [0.29, 0.717) is 13.0 Å². The minimum Gasteiger partial charge on any atom is -0.480 e. The zero-order valence-electron chi connectivity index (χ0n) is 11.5. The molecule has 2 N–H and O–H groups in total. The summed E-state index contributed by atoms with van der Waals surface area (Å²) in [6.07, 6.45) is 3.90. The molecule has 2 amide bonds. The summed E-state index contributed by atoms with van der Waals surface area (Å²) < 4.78 is 0. The van der Waals surface area contributed by atoms with Crippen molar-refractivity contribution < 1.29 is 14.7 Å². The average Bonchev–Trinajstić information content (AvgIpc) is 2.85. The molecule has 0 aliphatic carbocycles. The van der Waals surface area contributed by atoms with Gasteiger partial charge in [-0.15, -0.1) is 0 Å². The Hall–Kier alpha value is -1.26. The van der Waals surface area contributed by atoms with E-state index < -0.39 is 12.0 Å². The van der Waals surface area contributed by atoms with Crippen LogP contribution in [0.1, 0.15) is 52.9 Å². The standard InChI is InChI=1S/C13H24N2O3/c1-4-13(5-2,6-3)14-12(18)15-9-7-8-10(15)11(16)17/h10H,4-9H2,1-3H3,(H,14,18)(H,16,17)/t10-/m0/s1. The van der Waals surface area contributed by atoms with Gasteiger partial charge in [0.1, 0.15) is 6.04 Å². The Bertz CT molecular complexity index is 305. The maximum Gasteiger partial charge on any atom is 0.326 e. The third kappa shape index (κ3) is 2.94. The number of carboxylic acids is 1. The van der Waals surface area contributed by atoms with Crippen molar-refractivity contribution in [1.29, 1.82) is 0 Å². The van der Waals surface area contributed by atoms with Gasteiger partial charge in [0.25, 0.3) is 0 Å². The molecule has 0 aromatic carbocycles. The minimum atomic E-state index is -0.905. The molecular weight excluding hydrogens is 232 g/mol. The molecule has 1 rings (SSSR count). The summed E-state index contributed by atoms with van der Waals surface area (Å²) in [7, 11) is 0. The Morgan fingerprint density at radius 2 is 1.83 bits per heavy atom. The van der Waals surface area contributed by atoms with Crippen molar-refractivity contribution in [1.82, 2.24) is 10.2 Å². The first-order valence-electron chi connectivity index (χ1n) is 6.81. The first kappa shape index (κ1) is 14.8. The predicted molar refractivity (Wildman–Crippen MR) is 69.5 cm³/mol. The predicted octanol–water partition coefficient (Wildman–Crippen LogP) is 2.21. The maximum atomic E-state index is 12.2. The van der Waals surface area contributed by atoms with Crippen LogP contribution in [0.15, 0.2) is 0 Å². The molecule has 0 bridgehead atoms. The molecule has 0 spiro atoms. The fraction of sp³-hybridized carbons (Fsp3) is 0.846. The third-order valence-corrected chi connectivity index (χ3v) is 4.20. The first-order chi connectivity index (χ1) is 8.49. The molecule has 1 aliphatic heterocycles. The van der Waals surface area contributed by atoms with E-state index in [9.17, 15) is 9.59 Å². The summed E-state index contributed by atoms with van der Waals surface area (Å²) in [4.78, 5) is 24.7. The summed E-state index contributed by atoms with van der Waals surface area (Å²) >= 11 is 0. The van der Waals surface area contributed by atoms with Crippen molar-refractivity contribution in [2.24, 2.45) is 0 Å². The highest BCUT2D eigenvalue weighted by molar-refractivity contribution is 5.83. The van der Waals surface area contributed by atoms with Crippen LogP contribution in [-0.4, -0.2) is 40.1 Å². The highest BCUT2D eigenvalue weighted by Crippen LogP contribution is 2.22. The molecule has 0 saturated carbocycles. The van der Waals surface area contributed by atoms with E-state index in [4.69, 9.17) is 5.11 Å². The number of rotatable bonds is 5. The van der Waals surface area contributed by atoms with Crippen LogP contribution < -0.4 is 5.32 Å². The topological polar surface area (TPSA) is 69.6 Å². The number of likely N-dealkylation sites (tertiary alicyclic amines) is 1. The lowest BCUT2D eigenvalue weighted by Gasteiger charge is -2.34. The van der Waals surface area contributed by atoms with Gasteiger partial charge in [0.05, 0.1) is 0 Å². The van der Waals surface area contributed by atoms with Crippen LogP contribution in [0.25, 0.3) is 0 Å². The van der Waals surface area contributed by atoms with Gasteiger partial charge < -0.3 is 15.3 Å². The summed E-state index contributed by atoms with van der Waals surface area (Å²) in [6.45, 7) is 6.68. The van der Waals surface area contributed by atoms with Gasteiger partial charge in [0.15, 0.2) is 0 Å². The van der Waals surface area contributed by atoms with Gasteiger partial charge in [-0.25, -0.2) is 9.59 Å². The number of carbonyl (C=O) groups is 2.